The third kappa shape index (κ3) is 3.88. The SMILES string of the molecule is CCNC(=NCCCC(=O)N1Cc2ccccc2C1)N1CCc2ccccc21. The number of carbonyl (C=O) groups is 1. The summed E-state index contributed by atoms with van der Waals surface area (Å²) in [7, 11) is 0. The van der Waals surface area contributed by atoms with Crippen molar-refractivity contribution in [2.75, 3.05) is 24.5 Å². The van der Waals surface area contributed by atoms with E-state index in [2.05, 4.69) is 53.5 Å². The van der Waals surface area contributed by atoms with Gasteiger partial charge in [-0.25, -0.2) is 0 Å². The maximum Gasteiger partial charge on any atom is 0.223 e. The van der Waals surface area contributed by atoms with Crippen molar-refractivity contribution in [1.82, 2.24) is 10.2 Å². The monoisotopic (exact) mass is 376 g/mol. The first-order chi connectivity index (χ1) is 13.8. The zero-order valence-corrected chi connectivity index (χ0v) is 16.5. The predicted molar refractivity (Wildman–Crippen MR) is 113 cm³/mol. The quantitative estimate of drug-likeness (QED) is 0.495. The Kier molecular flexibility index (Phi) is 5.60. The van der Waals surface area contributed by atoms with E-state index in [1.807, 2.05) is 17.0 Å². The third-order valence-corrected chi connectivity index (χ3v) is 5.48. The van der Waals surface area contributed by atoms with Crippen LogP contribution in [0.1, 0.15) is 36.5 Å². The Morgan fingerprint density at radius 1 is 1.04 bits per heavy atom. The van der Waals surface area contributed by atoms with Gasteiger partial charge in [0.2, 0.25) is 5.91 Å². The molecule has 2 aromatic rings. The average Bonchev–Trinajstić information content (AvgIpc) is 3.34. The van der Waals surface area contributed by atoms with Gasteiger partial charge >= 0.3 is 0 Å². The van der Waals surface area contributed by atoms with Gasteiger partial charge in [0, 0.05) is 44.8 Å². The van der Waals surface area contributed by atoms with Crippen molar-refractivity contribution < 1.29 is 4.79 Å². The maximum atomic E-state index is 12.6. The molecule has 2 aliphatic rings. The summed E-state index contributed by atoms with van der Waals surface area (Å²) in [6.07, 6.45) is 2.37. The molecule has 5 nitrogen and oxygen atoms in total. The number of rotatable bonds is 5. The Morgan fingerprint density at radius 3 is 2.43 bits per heavy atom. The molecule has 28 heavy (non-hydrogen) atoms. The van der Waals surface area contributed by atoms with E-state index >= 15 is 0 Å². The third-order valence-electron chi connectivity index (χ3n) is 5.48. The molecule has 0 saturated carbocycles. The van der Waals surface area contributed by atoms with Crippen LogP contribution in [0.4, 0.5) is 5.69 Å². The van der Waals surface area contributed by atoms with Crippen LogP contribution in [0.25, 0.3) is 0 Å². The van der Waals surface area contributed by atoms with Crippen LogP contribution in [0.15, 0.2) is 53.5 Å². The summed E-state index contributed by atoms with van der Waals surface area (Å²) in [5.74, 6) is 1.15. The number of hydrogen-bond acceptors (Lipinski definition) is 2. The first-order valence-corrected chi connectivity index (χ1v) is 10.2. The summed E-state index contributed by atoms with van der Waals surface area (Å²) in [5.41, 5.74) is 5.16. The van der Waals surface area contributed by atoms with Gasteiger partial charge in [-0.15, -0.1) is 0 Å². The van der Waals surface area contributed by atoms with Gasteiger partial charge in [0.25, 0.3) is 0 Å². The largest absolute Gasteiger partial charge is 0.356 e. The van der Waals surface area contributed by atoms with Crippen LogP contribution in [0.3, 0.4) is 0 Å². The summed E-state index contributed by atoms with van der Waals surface area (Å²) in [5, 5.41) is 3.40. The number of para-hydroxylation sites is 1. The topological polar surface area (TPSA) is 47.9 Å². The molecule has 4 rings (SSSR count). The van der Waals surface area contributed by atoms with Gasteiger partial charge in [-0.05, 0) is 42.5 Å². The van der Waals surface area contributed by atoms with Crippen LogP contribution in [0.5, 0.6) is 0 Å². The molecule has 2 aromatic carbocycles. The Bertz CT molecular complexity index is 851. The van der Waals surface area contributed by atoms with E-state index in [1.54, 1.807) is 0 Å². The minimum absolute atomic E-state index is 0.225. The molecule has 2 heterocycles. The van der Waals surface area contributed by atoms with Gasteiger partial charge < -0.3 is 15.1 Å². The Hall–Kier alpha value is -2.82. The number of guanidine groups is 1. The van der Waals surface area contributed by atoms with Crippen molar-refractivity contribution in [3.63, 3.8) is 0 Å². The van der Waals surface area contributed by atoms with Gasteiger partial charge in [-0.2, -0.15) is 0 Å². The lowest BCUT2D eigenvalue weighted by atomic mass is 10.1. The highest BCUT2D eigenvalue weighted by molar-refractivity contribution is 5.98. The van der Waals surface area contributed by atoms with Crippen molar-refractivity contribution in [1.29, 1.82) is 0 Å². The van der Waals surface area contributed by atoms with Crippen molar-refractivity contribution in [2.24, 2.45) is 4.99 Å². The number of aliphatic imine (C=N–C) groups is 1. The van der Waals surface area contributed by atoms with Crippen LogP contribution in [-0.4, -0.2) is 36.4 Å². The smallest absolute Gasteiger partial charge is 0.223 e. The minimum atomic E-state index is 0.225. The molecule has 0 radical (unpaired) electrons. The van der Waals surface area contributed by atoms with E-state index in [0.717, 1.165) is 45.0 Å². The zero-order valence-electron chi connectivity index (χ0n) is 16.5. The number of nitrogens with one attached hydrogen (secondary N) is 1. The molecule has 146 valence electrons. The highest BCUT2D eigenvalue weighted by Crippen LogP contribution is 2.27. The predicted octanol–water partition coefficient (Wildman–Crippen LogP) is 3.34. The van der Waals surface area contributed by atoms with Gasteiger partial charge in [0.15, 0.2) is 5.96 Å². The highest BCUT2D eigenvalue weighted by atomic mass is 16.2. The maximum absolute atomic E-state index is 12.6. The first-order valence-electron chi connectivity index (χ1n) is 10.2. The molecule has 0 unspecified atom stereocenters. The lowest BCUT2D eigenvalue weighted by Crippen LogP contribution is -2.40. The molecule has 0 saturated heterocycles. The standard InChI is InChI=1S/C23H28N4O/c1-2-24-23(27-15-13-18-8-5-6-11-21(18)27)25-14-7-12-22(28)26-16-19-9-3-4-10-20(19)17-26/h3-6,8-11H,2,7,12-17H2,1H3,(H,24,25). The van der Waals surface area contributed by atoms with Crippen molar-refractivity contribution >= 4 is 17.6 Å². The zero-order chi connectivity index (χ0) is 19.3. The molecule has 2 aliphatic heterocycles. The summed E-state index contributed by atoms with van der Waals surface area (Å²) in [6.45, 7) is 6.02. The van der Waals surface area contributed by atoms with Crippen LogP contribution >= 0.6 is 0 Å². The van der Waals surface area contributed by atoms with Gasteiger partial charge in [0.1, 0.15) is 0 Å². The van der Waals surface area contributed by atoms with E-state index in [9.17, 15) is 4.79 Å². The lowest BCUT2D eigenvalue weighted by molar-refractivity contribution is -0.131. The summed E-state index contributed by atoms with van der Waals surface area (Å²) in [4.78, 5) is 21.6. The van der Waals surface area contributed by atoms with Crippen molar-refractivity contribution in [3.8, 4) is 0 Å². The number of anilines is 1. The Morgan fingerprint density at radius 2 is 1.71 bits per heavy atom. The number of fused-ring (bicyclic) bond motifs is 2. The number of nitrogens with zero attached hydrogens (tertiary/aromatic N) is 3. The second-order valence-electron chi connectivity index (χ2n) is 7.39. The average molecular weight is 377 g/mol. The van der Waals surface area contributed by atoms with Crippen LogP contribution < -0.4 is 10.2 Å². The number of amides is 1. The second kappa shape index (κ2) is 8.46. The second-order valence-corrected chi connectivity index (χ2v) is 7.39. The summed E-state index contributed by atoms with van der Waals surface area (Å²) >= 11 is 0. The lowest BCUT2D eigenvalue weighted by Gasteiger charge is -2.22. The highest BCUT2D eigenvalue weighted by Gasteiger charge is 2.23. The van der Waals surface area contributed by atoms with Crippen molar-refractivity contribution in [2.45, 2.75) is 39.3 Å². The van der Waals surface area contributed by atoms with E-state index < -0.39 is 0 Å². The summed E-state index contributed by atoms with van der Waals surface area (Å²) < 4.78 is 0. The van der Waals surface area contributed by atoms with Gasteiger partial charge in [-0.1, -0.05) is 42.5 Å². The molecule has 0 fully saturated rings. The molecule has 0 bridgehead atoms. The number of carbonyl (C=O) groups excluding carboxylic acids is 1. The molecule has 1 amide bonds. The van der Waals surface area contributed by atoms with Crippen LogP contribution in [-0.2, 0) is 24.3 Å². The first kappa shape index (κ1) is 18.5. The van der Waals surface area contributed by atoms with Gasteiger partial charge in [-0.3, -0.25) is 9.79 Å². The Labute approximate surface area is 167 Å². The number of benzene rings is 2. The molecule has 0 atom stereocenters. The minimum Gasteiger partial charge on any atom is -0.356 e. The van der Waals surface area contributed by atoms with Crippen molar-refractivity contribution in [3.05, 3.63) is 65.2 Å². The number of hydrogen-bond donors (Lipinski definition) is 1. The van der Waals surface area contributed by atoms with E-state index in [-0.39, 0.29) is 5.91 Å². The Balaban J connectivity index is 1.31. The molecular formula is C23H28N4O. The molecule has 0 aromatic heterocycles. The molecule has 0 aliphatic carbocycles. The van der Waals surface area contributed by atoms with E-state index in [4.69, 9.17) is 4.99 Å². The fourth-order valence-corrected chi connectivity index (χ4v) is 4.04. The molecule has 1 N–H and O–H groups in total. The fraction of sp³-hybridized carbons (Fsp3) is 0.391. The van der Waals surface area contributed by atoms with Crippen LogP contribution in [0.2, 0.25) is 0 Å². The molecule has 5 heteroatoms. The van der Waals surface area contributed by atoms with E-state index in [0.29, 0.717) is 13.0 Å². The normalized spacial score (nSPS) is 15.5. The van der Waals surface area contributed by atoms with E-state index in [1.165, 1.54) is 22.4 Å². The molecule has 0 spiro atoms. The molecular weight excluding hydrogens is 348 g/mol. The fourth-order valence-electron chi connectivity index (χ4n) is 4.04. The summed E-state index contributed by atoms with van der Waals surface area (Å²) in [6, 6.07) is 16.8. The van der Waals surface area contributed by atoms with Crippen LogP contribution in [0, 0.1) is 0 Å². The van der Waals surface area contributed by atoms with Gasteiger partial charge in [0.05, 0.1) is 0 Å².